The Morgan fingerprint density at radius 1 is 1.20 bits per heavy atom. The highest BCUT2D eigenvalue weighted by Gasteiger charge is 2.39. The lowest BCUT2D eigenvalue weighted by Gasteiger charge is -2.34. The van der Waals surface area contributed by atoms with E-state index in [1.54, 1.807) is 4.90 Å². The standard InChI is InChI=1S/C18H20F3N3O3S3/c1-12-14(29-17(22-12)28-2)11-16(25)23-7-9-24(10-8-23)30(26,27)15-6-4-3-5-13(15)18(19,20)21/h3-6H,7-11H2,1-2H3. The fraction of sp³-hybridized carbons (Fsp3) is 0.444. The third kappa shape index (κ3) is 4.82. The molecule has 1 aliphatic rings. The number of hydrogen-bond donors (Lipinski definition) is 0. The van der Waals surface area contributed by atoms with Crippen molar-refractivity contribution in [2.75, 3.05) is 32.4 Å². The van der Waals surface area contributed by atoms with E-state index in [0.717, 1.165) is 37.4 Å². The van der Waals surface area contributed by atoms with Gasteiger partial charge in [-0.1, -0.05) is 23.9 Å². The van der Waals surface area contributed by atoms with Crippen LogP contribution >= 0.6 is 23.1 Å². The van der Waals surface area contributed by atoms with Crippen molar-refractivity contribution in [3.05, 3.63) is 40.4 Å². The highest BCUT2D eigenvalue weighted by molar-refractivity contribution is 8.00. The van der Waals surface area contributed by atoms with E-state index in [-0.39, 0.29) is 38.5 Å². The summed E-state index contributed by atoms with van der Waals surface area (Å²) in [5.41, 5.74) is -0.392. The Balaban J connectivity index is 1.69. The first-order valence-electron chi connectivity index (χ1n) is 8.98. The fourth-order valence-corrected chi connectivity index (χ4v) is 6.42. The zero-order valence-corrected chi connectivity index (χ0v) is 18.7. The second-order valence-corrected chi connectivity index (χ2v) is 10.7. The number of thioether (sulfide) groups is 1. The molecule has 2 heterocycles. The Bertz CT molecular complexity index is 1030. The number of amides is 1. The van der Waals surface area contributed by atoms with Gasteiger partial charge in [-0.3, -0.25) is 4.79 Å². The number of sulfonamides is 1. The van der Waals surface area contributed by atoms with Crippen LogP contribution in [0.1, 0.15) is 16.1 Å². The molecule has 1 amide bonds. The van der Waals surface area contributed by atoms with E-state index in [2.05, 4.69) is 4.98 Å². The Kier molecular flexibility index (Phi) is 6.80. The summed E-state index contributed by atoms with van der Waals surface area (Å²) in [6.45, 7) is 1.97. The van der Waals surface area contributed by atoms with Gasteiger partial charge in [0.25, 0.3) is 0 Å². The molecule has 2 aromatic rings. The van der Waals surface area contributed by atoms with E-state index in [1.807, 2.05) is 13.2 Å². The predicted octanol–water partition coefficient (Wildman–Crippen LogP) is 3.27. The monoisotopic (exact) mass is 479 g/mol. The van der Waals surface area contributed by atoms with Crippen LogP contribution < -0.4 is 0 Å². The average Bonchev–Trinajstić information content (AvgIpc) is 3.07. The summed E-state index contributed by atoms with van der Waals surface area (Å²) in [4.78, 5) is 18.6. The van der Waals surface area contributed by atoms with Gasteiger partial charge in [0.05, 0.1) is 22.6 Å². The molecule has 6 nitrogen and oxygen atoms in total. The molecule has 1 fully saturated rings. The van der Waals surface area contributed by atoms with Gasteiger partial charge in [0.15, 0.2) is 0 Å². The summed E-state index contributed by atoms with van der Waals surface area (Å²) in [6.07, 6.45) is -2.70. The highest BCUT2D eigenvalue weighted by Crippen LogP contribution is 2.35. The van der Waals surface area contributed by atoms with Crippen LogP contribution in [0.5, 0.6) is 0 Å². The molecule has 0 atom stereocenters. The van der Waals surface area contributed by atoms with Crippen molar-refractivity contribution < 1.29 is 26.4 Å². The van der Waals surface area contributed by atoms with Crippen molar-refractivity contribution in [1.82, 2.24) is 14.2 Å². The first kappa shape index (κ1) is 23.0. The van der Waals surface area contributed by atoms with Crippen LogP contribution in [0.2, 0.25) is 0 Å². The summed E-state index contributed by atoms with van der Waals surface area (Å²) in [6, 6.07) is 4.14. The minimum absolute atomic E-state index is 0.0575. The molecule has 0 radical (unpaired) electrons. The summed E-state index contributed by atoms with van der Waals surface area (Å²) in [5.74, 6) is -0.151. The maximum absolute atomic E-state index is 13.2. The van der Waals surface area contributed by atoms with E-state index < -0.39 is 26.7 Å². The summed E-state index contributed by atoms with van der Waals surface area (Å²) in [7, 11) is -4.33. The zero-order chi connectivity index (χ0) is 22.1. The maximum atomic E-state index is 13.2. The van der Waals surface area contributed by atoms with Gasteiger partial charge in [0, 0.05) is 31.1 Å². The second kappa shape index (κ2) is 8.85. The number of hydrogen-bond acceptors (Lipinski definition) is 6. The molecule has 0 spiro atoms. The smallest absolute Gasteiger partial charge is 0.340 e. The number of rotatable bonds is 5. The van der Waals surface area contributed by atoms with Crippen molar-refractivity contribution in [3.8, 4) is 0 Å². The van der Waals surface area contributed by atoms with Crippen LogP contribution in [0.15, 0.2) is 33.5 Å². The van der Waals surface area contributed by atoms with Gasteiger partial charge in [-0.25, -0.2) is 13.4 Å². The number of alkyl halides is 3. The molecule has 12 heteroatoms. The van der Waals surface area contributed by atoms with E-state index in [4.69, 9.17) is 0 Å². The molecule has 1 aromatic heterocycles. The normalized spacial score (nSPS) is 16.1. The Labute approximate surface area is 181 Å². The fourth-order valence-electron chi connectivity index (χ4n) is 3.14. The van der Waals surface area contributed by atoms with E-state index in [9.17, 15) is 26.4 Å². The van der Waals surface area contributed by atoms with Crippen molar-refractivity contribution >= 4 is 39.0 Å². The number of carbonyl (C=O) groups excluding carboxylic acids is 1. The Hall–Kier alpha value is -1.63. The SMILES string of the molecule is CSc1nc(C)c(CC(=O)N2CCN(S(=O)(=O)c3ccccc3C(F)(F)F)CC2)s1. The first-order chi connectivity index (χ1) is 14.0. The quantitative estimate of drug-likeness (QED) is 0.616. The molecule has 0 aliphatic carbocycles. The number of benzene rings is 1. The summed E-state index contributed by atoms with van der Waals surface area (Å²) < 4.78 is 67.2. The lowest BCUT2D eigenvalue weighted by molar-refractivity contribution is -0.139. The molecule has 164 valence electrons. The molecule has 30 heavy (non-hydrogen) atoms. The third-order valence-corrected chi connectivity index (χ3v) is 8.86. The number of aromatic nitrogens is 1. The second-order valence-electron chi connectivity index (χ2n) is 6.65. The van der Waals surface area contributed by atoms with Crippen LogP contribution in [0.4, 0.5) is 13.2 Å². The van der Waals surface area contributed by atoms with Crippen molar-refractivity contribution in [2.24, 2.45) is 0 Å². The van der Waals surface area contributed by atoms with Crippen molar-refractivity contribution in [1.29, 1.82) is 0 Å². The average molecular weight is 480 g/mol. The van der Waals surface area contributed by atoms with Crippen LogP contribution in [0.3, 0.4) is 0 Å². The molecular formula is C18H20F3N3O3S3. The molecule has 1 aliphatic heterocycles. The van der Waals surface area contributed by atoms with Gasteiger partial charge in [-0.05, 0) is 25.3 Å². The van der Waals surface area contributed by atoms with E-state index in [0.29, 0.717) is 0 Å². The Morgan fingerprint density at radius 3 is 2.40 bits per heavy atom. The molecule has 0 N–H and O–H groups in total. The third-order valence-electron chi connectivity index (χ3n) is 4.76. The number of nitrogens with zero attached hydrogens (tertiary/aromatic N) is 3. The number of halogens is 3. The Morgan fingerprint density at radius 2 is 1.83 bits per heavy atom. The van der Waals surface area contributed by atoms with Gasteiger partial charge in [-0.2, -0.15) is 17.5 Å². The summed E-state index contributed by atoms with van der Waals surface area (Å²) in [5, 5.41) is 0. The van der Waals surface area contributed by atoms with Crippen molar-refractivity contribution in [2.45, 2.75) is 28.8 Å². The number of carbonyl (C=O) groups is 1. The van der Waals surface area contributed by atoms with Crippen LogP contribution in [-0.4, -0.2) is 60.9 Å². The van der Waals surface area contributed by atoms with Gasteiger partial charge in [0.1, 0.15) is 4.34 Å². The van der Waals surface area contributed by atoms with Crippen LogP contribution in [0.25, 0.3) is 0 Å². The first-order valence-corrected chi connectivity index (χ1v) is 12.5. The lowest BCUT2D eigenvalue weighted by atomic mass is 10.2. The largest absolute Gasteiger partial charge is 0.417 e. The van der Waals surface area contributed by atoms with Crippen molar-refractivity contribution in [3.63, 3.8) is 0 Å². The zero-order valence-electron chi connectivity index (χ0n) is 16.3. The minimum Gasteiger partial charge on any atom is -0.340 e. The van der Waals surface area contributed by atoms with Gasteiger partial charge < -0.3 is 4.90 Å². The molecule has 3 rings (SSSR count). The number of thiazole rings is 1. The number of aryl methyl sites for hydroxylation is 1. The van der Waals surface area contributed by atoms with E-state index >= 15 is 0 Å². The van der Waals surface area contributed by atoms with Gasteiger partial charge >= 0.3 is 6.18 Å². The summed E-state index contributed by atoms with van der Waals surface area (Å²) >= 11 is 2.95. The predicted molar refractivity (Wildman–Crippen MR) is 109 cm³/mol. The maximum Gasteiger partial charge on any atom is 0.417 e. The van der Waals surface area contributed by atoms with Crippen LogP contribution in [-0.2, 0) is 27.4 Å². The molecular weight excluding hydrogens is 459 g/mol. The lowest BCUT2D eigenvalue weighted by Crippen LogP contribution is -2.51. The highest BCUT2D eigenvalue weighted by atomic mass is 32.2. The number of piperazine rings is 1. The molecule has 0 saturated carbocycles. The van der Waals surface area contributed by atoms with Gasteiger partial charge in [0.2, 0.25) is 15.9 Å². The molecule has 0 unspecified atom stereocenters. The van der Waals surface area contributed by atoms with Gasteiger partial charge in [-0.15, -0.1) is 11.3 Å². The van der Waals surface area contributed by atoms with E-state index in [1.165, 1.54) is 29.2 Å². The molecule has 1 aromatic carbocycles. The van der Waals surface area contributed by atoms with Crippen LogP contribution in [0, 0.1) is 6.92 Å². The molecule has 0 bridgehead atoms. The topological polar surface area (TPSA) is 70.6 Å². The minimum atomic E-state index is -4.77. The molecule has 1 saturated heterocycles.